The number of piperidine rings is 1. The van der Waals surface area contributed by atoms with Crippen molar-refractivity contribution in [1.82, 2.24) is 4.90 Å². The minimum Gasteiger partial charge on any atom is -0.390 e. The number of hydrogen-bond donors (Lipinski definition) is 2. The van der Waals surface area contributed by atoms with Crippen molar-refractivity contribution in [2.24, 2.45) is 5.73 Å². The van der Waals surface area contributed by atoms with Crippen LogP contribution >= 0.6 is 0 Å². The summed E-state index contributed by atoms with van der Waals surface area (Å²) in [7, 11) is 0. The molecule has 1 heterocycles. The summed E-state index contributed by atoms with van der Waals surface area (Å²) in [5.41, 5.74) is 5.32. The third-order valence-corrected chi connectivity index (χ3v) is 2.58. The highest BCUT2D eigenvalue weighted by Gasteiger charge is 2.19. The van der Waals surface area contributed by atoms with E-state index in [0.29, 0.717) is 6.04 Å². The van der Waals surface area contributed by atoms with E-state index < -0.39 is 5.60 Å². The standard InChI is InChI=1S/C10H22N2O/c1-10(2,13)5-7-12-6-3-4-9(11)8-12/h9,13H,3-8,11H2,1-2H3/t9-/m1/s1. The van der Waals surface area contributed by atoms with E-state index in [4.69, 9.17) is 5.73 Å². The zero-order valence-electron chi connectivity index (χ0n) is 8.79. The Morgan fingerprint density at radius 3 is 2.77 bits per heavy atom. The van der Waals surface area contributed by atoms with Gasteiger partial charge >= 0.3 is 0 Å². The molecule has 3 heteroatoms. The van der Waals surface area contributed by atoms with E-state index in [1.54, 1.807) is 0 Å². The second-order valence-electron chi connectivity index (χ2n) is 4.77. The van der Waals surface area contributed by atoms with Crippen LogP contribution in [0.5, 0.6) is 0 Å². The van der Waals surface area contributed by atoms with Crippen LogP contribution in [0, 0.1) is 0 Å². The summed E-state index contributed by atoms with van der Waals surface area (Å²) >= 11 is 0. The first-order chi connectivity index (χ1) is 5.97. The van der Waals surface area contributed by atoms with Crippen molar-refractivity contribution in [2.75, 3.05) is 19.6 Å². The second-order valence-corrected chi connectivity index (χ2v) is 4.77. The number of aliphatic hydroxyl groups is 1. The highest BCUT2D eigenvalue weighted by atomic mass is 16.3. The van der Waals surface area contributed by atoms with Crippen molar-refractivity contribution in [1.29, 1.82) is 0 Å². The summed E-state index contributed by atoms with van der Waals surface area (Å²) < 4.78 is 0. The predicted molar refractivity (Wildman–Crippen MR) is 54.6 cm³/mol. The average molecular weight is 186 g/mol. The summed E-state index contributed by atoms with van der Waals surface area (Å²) in [6.07, 6.45) is 3.19. The van der Waals surface area contributed by atoms with Gasteiger partial charge in [-0.3, -0.25) is 0 Å². The molecule has 0 aromatic carbocycles. The van der Waals surface area contributed by atoms with E-state index in [0.717, 1.165) is 32.5 Å². The largest absolute Gasteiger partial charge is 0.390 e. The Morgan fingerprint density at radius 2 is 2.23 bits per heavy atom. The molecule has 1 atom stereocenters. The van der Waals surface area contributed by atoms with Crippen molar-refractivity contribution in [3.8, 4) is 0 Å². The molecule has 1 fully saturated rings. The fourth-order valence-corrected chi connectivity index (χ4v) is 1.73. The Hall–Kier alpha value is -0.120. The van der Waals surface area contributed by atoms with Gasteiger partial charge in [0.05, 0.1) is 5.60 Å². The fraction of sp³-hybridized carbons (Fsp3) is 1.00. The quantitative estimate of drug-likeness (QED) is 0.677. The van der Waals surface area contributed by atoms with Gasteiger partial charge in [-0.2, -0.15) is 0 Å². The molecule has 0 aromatic heterocycles. The van der Waals surface area contributed by atoms with Gasteiger partial charge in [-0.25, -0.2) is 0 Å². The van der Waals surface area contributed by atoms with E-state index in [9.17, 15) is 5.11 Å². The van der Waals surface area contributed by atoms with Gasteiger partial charge in [0.1, 0.15) is 0 Å². The molecule has 1 aliphatic rings. The topological polar surface area (TPSA) is 49.5 Å². The molecule has 0 saturated carbocycles. The molecule has 0 aromatic rings. The van der Waals surface area contributed by atoms with Crippen molar-refractivity contribution in [3.63, 3.8) is 0 Å². The molecule has 0 unspecified atom stereocenters. The summed E-state index contributed by atoms with van der Waals surface area (Å²) in [4.78, 5) is 2.35. The van der Waals surface area contributed by atoms with Crippen LogP contribution < -0.4 is 5.73 Å². The van der Waals surface area contributed by atoms with Crippen LogP contribution in [-0.4, -0.2) is 41.3 Å². The Labute approximate surface area is 80.9 Å². The SMILES string of the molecule is CC(C)(O)CCN1CCC[C@@H](N)C1. The molecule has 78 valence electrons. The minimum absolute atomic E-state index is 0.343. The van der Waals surface area contributed by atoms with Gasteiger partial charge in [-0.1, -0.05) is 0 Å². The normalized spacial score (nSPS) is 26.3. The first-order valence-corrected chi connectivity index (χ1v) is 5.18. The van der Waals surface area contributed by atoms with Gasteiger partial charge in [0.25, 0.3) is 0 Å². The van der Waals surface area contributed by atoms with Crippen molar-refractivity contribution in [2.45, 2.75) is 44.8 Å². The molecular formula is C10H22N2O. The number of hydrogen-bond acceptors (Lipinski definition) is 3. The Morgan fingerprint density at radius 1 is 1.54 bits per heavy atom. The molecule has 1 saturated heterocycles. The lowest BCUT2D eigenvalue weighted by Gasteiger charge is -2.32. The number of rotatable bonds is 3. The summed E-state index contributed by atoms with van der Waals surface area (Å²) in [6.45, 7) is 6.82. The molecule has 3 N–H and O–H groups in total. The molecule has 0 aliphatic carbocycles. The Bertz CT molecular complexity index is 153. The maximum Gasteiger partial charge on any atom is 0.0603 e. The highest BCUT2D eigenvalue weighted by molar-refractivity contribution is 4.77. The highest BCUT2D eigenvalue weighted by Crippen LogP contribution is 2.12. The van der Waals surface area contributed by atoms with Gasteiger partial charge in [-0.05, 0) is 39.7 Å². The lowest BCUT2D eigenvalue weighted by Crippen LogP contribution is -2.44. The lowest BCUT2D eigenvalue weighted by molar-refractivity contribution is 0.0536. The number of likely N-dealkylation sites (tertiary alicyclic amines) is 1. The molecule has 0 radical (unpaired) electrons. The van der Waals surface area contributed by atoms with Gasteiger partial charge < -0.3 is 15.7 Å². The minimum atomic E-state index is -0.540. The average Bonchev–Trinajstić information content (AvgIpc) is 2.00. The Kier molecular flexibility index (Phi) is 3.71. The molecular weight excluding hydrogens is 164 g/mol. The third kappa shape index (κ3) is 4.60. The third-order valence-electron chi connectivity index (χ3n) is 2.58. The van der Waals surface area contributed by atoms with Gasteiger partial charge in [-0.15, -0.1) is 0 Å². The van der Waals surface area contributed by atoms with E-state index in [1.165, 1.54) is 6.42 Å². The van der Waals surface area contributed by atoms with Gasteiger partial charge in [0.2, 0.25) is 0 Å². The summed E-state index contributed by atoms with van der Waals surface area (Å²) in [6, 6.07) is 0.343. The number of nitrogens with zero attached hydrogens (tertiary/aromatic N) is 1. The van der Waals surface area contributed by atoms with Gasteiger partial charge in [0.15, 0.2) is 0 Å². The molecule has 0 amide bonds. The van der Waals surface area contributed by atoms with Crippen LogP contribution in [0.4, 0.5) is 0 Å². The van der Waals surface area contributed by atoms with E-state index in [1.807, 2.05) is 13.8 Å². The fourth-order valence-electron chi connectivity index (χ4n) is 1.73. The van der Waals surface area contributed by atoms with Crippen molar-refractivity contribution in [3.05, 3.63) is 0 Å². The zero-order valence-corrected chi connectivity index (χ0v) is 8.79. The smallest absolute Gasteiger partial charge is 0.0603 e. The van der Waals surface area contributed by atoms with Crippen molar-refractivity contribution >= 4 is 0 Å². The Balaban J connectivity index is 2.21. The second kappa shape index (κ2) is 4.40. The lowest BCUT2D eigenvalue weighted by atomic mass is 10.0. The number of nitrogens with two attached hydrogens (primary N) is 1. The monoisotopic (exact) mass is 186 g/mol. The van der Waals surface area contributed by atoms with Crippen LogP contribution in [0.15, 0.2) is 0 Å². The maximum absolute atomic E-state index is 9.56. The van der Waals surface area contributed by atoms with E-state index in [2.05, 4.69) is 4.90 Å². The van der Waals surface area contributed by atoms with Crippen LogP contribution in [0.25, 0.3) is 0 Å². The van der Waals surface area contributed by atoms with E-state index >= 15 is 0 Å². The first kappa shape index (κ1) is 11.0. The van der Waals surface area contributed by atoms with Crippen LogP contribution in [-0.2, 0) is 0 Å². The summed E-state index contributed by atoms with van der Waals surface area (Å²) in [5, 5.41) is 9.56. The van der Waals surface area contributed by atoms with E-state index in [-0.39, 0.29) is 0 Å². The maximum atomic E-state index is 9.56. The molecule has 1 rings (SSSR count). The molecule has 0 bridgehead atoms. The molecule has 13 heavy (non-hydrogen) atoms. The van der Waals surface area contributed by atoms with Gasteiger partial charge in [0, 0.05) is 19.1 Å². The molecule has 1 aliphatic heterocycles. The predicted octanol–water partition coefficient (Wildman–Crippen LogP) is 0.571. The van der Waals surface area contributed by atoms with Crippen LogP contribution in [0.2, 0.25) is 0 Å². The summed E-state index contributed by atoms with van der Waals surface area (Å²) in [5.74, 6) is 0. The molecule has 0 spiro atoms. The van der Waals surface area contributed by atoms with Crippen LogP contribution in [0.3, 0.4) is 0 Å². The molecule has 3 nitrogen and oxygen atoms in total. The van der Waals surface area contributed by atoms with Crippen molar-refractivity contribution < 1.29 is 5.11 Å². The first-order valence-electron chi connectivity index (χ1n) is 5.18. The zero-order chi connectivity index (χ0) is 9.90. The van der Waals surface area contributed by atoms with Crippen LogP contribution in [0.1, 0.15) is 33.1 Å².